The molecule has 4 aromatic rings. The summed E-state index contributed by atoms with van der Waals surface area (Å²) in [4.78, 5) is 31.3. The molecule has 0 radical (unpaired) electrons. The van der Waals surface area contributed by atoms with Gasteiger partial charge in [-0.2, -0.15) is 0 Å². The molecule has 9 heteroatoms. The van der Waals surface area contributed by atoms with Crippen molar-refractivity contribution in [1.82, 2.24) is 15.4 Å². The van der Waals surface area contributed by atoms with E-state index in [-0.39, 0.29) is 29.7 Å². The van der Waals surface area contributed by atoms with Gasteiger partial charge in [0.2, 0.25) is 17.5 Å². The van der Waals surface area contributed by atoms with Gasteiger partial charge in [0, 0.05) is 11.1 Å². The molecule has 0 unspecified atom stereocenters. The molecule has 0 aliphatic heterocycles. The Morgan fingerprint density at radius 2 is 1.61 bits per heavy atom. The smallest absolute Gasteiger partial charge is 0.334 e. The Kier molecular flexibility index (Phi) is 5.66. The number of carbonyl (C=O) groups excluding carboxylic acids is 1. The van der Waals surface area contributed by atoms with E-state index < -0.39 is 4.92 Å². The van der Waals surface area contributed by atoms with Crippen molar-refractivity contribution in [2.45, 2.75) is 6.42 Å². The number of nitrogens with zero attached hydrogens (tertiary/aromatic N) is 3. The lowest BCUT2D eigenvalue weighted by Crippen LogP contribution is -2.31. The summed E-state index contributed by atoms with van der Waals surface area (Å²) in [5.74, 6) is -0.469. The van der Waals surface area contributed by atoms with Crippen molar-refractivity contribution in [2.75, 3.05) is 10.7 Å². The number of hydrogen-bond donors (Lipinski definition) is 3. The highest BCUT2D eigenvalue weighted by Crippen LogP contribution is 2.33. The van der Waals surface area contributed by atoms with Gasteiger partial charge in [-0.15, -0.1) is 0 Å². The third-order valence-electron chi connectivity index (χ3n) is 4.58. The van der Waals surface area contributed by atoms with Gasteiger partial charge < -0.3 is 5.32 Å². The highest BCUT2D eigenvalue weighted by molar-refractivity contribution is 5.96. The summed E-state index contributed by atoms with van der Waals surface area (Å²) in [6, 6.07) is 22.4. The highest BCUT2D eigenvalue weighted by atomic mass is 16.6. The summed E-state index contributed by atoms with van der Waals surface area (Å²) in [7, 11) is 0. The van der Waals surface area contributed by atoms with Crippen molar-refractivity contribution in [3.63, 3.8) is 0 Å². The maximum absolute atomic E-state index is 12.2. The molecule has 0 bridgehead atoms. The number of hydrogen-bond acceptors (Lipinski definition) is 7. The highest BCUT2D eigenvalue weighted by Gasteiger charge is 2.24. The summed E-state index contributed by atoms with van der Waals surface area (Å²) in [5, 5.41) is 16.7. The first-order chi connectivity index (χ1) is 15.1. The lowest BCUT2D eigenvalue weighted by molar-refractivity contribution is -0.383. The minimum Gasteiger partial charge on any atom is -0.334 e. The molecule has 1 aromatic heterocycles. The number of fused-ring (bicyclic) bond motifs is 1. The van der Waals surface area contributed by atoms with Crippen LogP contribution in [0.2, 0.25) is 0 Å². The summed E-state index contributed by atoms with van der Waals surface area (Å²) in [6.07, 6.45) is 1.31. The SMILES string of the molecule is O=C(Cc1ccccc1)NNc1ncnc(Nc2cccc3ccccc23)c1[N+](=O)[O-]. The topological polar surface area (TPSA) is 122 Å². The summed E-state index contributed by atoms with van der Waals surface area (Å²) >= 11 is 0. The van der Waals surface area contributed by atoms with Crippen molar-refractivity contribution >= 4 is 39.7 Å². The molecule has 0 spiro atoms. The minimum atomic E-state index is -0.598. The van der Waals surface area contributed by atoms with Gasteiger partial charge in [0.25, 0.3) is 0 Å². The molecule has 0 atom stereocenters. The summed E-state index contributed by atoms with van der Waals surface area (Å²) in [5.41, 5.74) is 6.10. The van der Waals surface area contributed by atoms with Crippen molar-refractivity contribution in [3.8, 4) is 0 Å². The Morgan fingerprint density at radius 3 is 2.42 bits per heavy atom. The Balaban J connectivity index is 1.56. The van der Waals surface area contributed by atoms with Crippen LogP contribution in [0.4, 0.5) is 23.0 Å². The predicted molar refractivity (Wildman–Crippen MR) is 118 cm³/mol. The van der Waals surface area contributed by atoms with E-state index in [4.69, 9.17) is 0 Å². The van der Waals surface area contributed by atoms with Crippen LogP contribution in [-0.2, 0) is 11.2 Å². The molecule has 1 heterocycles. The molecule has 0 saturated heterocycles. The Hall–Kier alpha value is -4.53. The van der Waals surface area contributed by atoms with Crippen LogP contribution in [-0.4, -0.2) is 20.8 Å². The van der Waals surface area contributed by atoms with Gasteiger partial charge in [0.15, 0.2) is 0 Å². The second-order valence-corrected chi connectivity index (χ2v) is 6.66. The lowest BCUT2D eigenvalue weighted by Gasteiger charge is -2.12. The van der Waals surface area contributed by atoms with E-state index in [1.807, 2.05) is 72.8 Å². The first kappa shape index (κ1) is 19.8. The van der Waals surface area contributed by atoms with Crippen molar-refractivity contribution in [1.29, 1.82) is 0 Å². The second kappa shape index (κ2) is 8.87. The van der Waals surface area contributed by atoms with Crippen molar-refractivity contribution in [2.24, 2.45) is 0 Å². The first-order valence-electron chi connectivity index (χ1n) is 9.45. The van der Waals surface area contributed by atoms with E-state index in [1.165, 1.54) is 6.33 Å². The first-order valence-corrected chi connectivity index (χ1v) is 9.45. The molecule has 4 rings (SSSR count). The second-order valence-electron chi connectivity index (χ2n) is 6.66. The maximum Gasteiger partial charge on any atom is 0.355 e. The van der Waals surface area contributed by atoms with Gasteiger partial charge in [-0.05, 0) is 17.0 Å². The maximum atomic E-state index is 12.2. The van der Waals surface area contributed by atoms with E-state index in [2.05, 4.69) is 26.1 Å². The molecule has 0 aliphatic rings. The molecule has 0 fully saturated rings. The third kappa shape index (κ3) is 4.56. The molecular weight excluding hydrogens is 396 g/mol. The zero-order valence-electron chi connectivity index (χ0n) is 16.3. The number of nitrogens with one attached hydrogen (secondary N) is 3. The lowest BCUT2D eigenvalue weighted by atomic mass is 10.1. The Bertz CT molecular complexity index is 1240. The quantitative estimate of drug-likeness (QED) is 0.309. The number of amides is 1. The van der Waals surface area contributed by atoms with E-state index in [9.17, 15) is 14.9 Å². The van der Waals surface area contributed by atoms with E-state index in [1.54, 1.807) is 0 Å². The number of hydrazine groups is 1. The molecule has 0 aliphatic carbocycles. The van der Waals surface area contributed by atoms with Crippen molar-refractivity contribution < 1.29 is 9.72 Å². The van der Waals surface area contributed by atoms with Gasteiger partial charge in [-0.1, -0.05) is 66.7 Å². The van der Waals surface area contributed by atoms with Crippen LogP contribution in [0.15, 0.2) is 79.1 Å². The van der Waals surface area contributed by atoms with Crippen LogP contribution in [0.25, 0.3) is 10.8 Å². The van der Waals surface area contributed by atoms with Crippen LogP contribution in [0.5, 0.6) is 0 Å². The molecular formula is C22H18N6O3. The van der Waals surface area contributed by atoms with E-state index in [0.29, 0.717) is 5.69 Å². The van der Waals surface area contributed by atoms with Gasteiger partial charge in [-0.3, -0.25) is 25.8 Å². The fourth-order valence-corrected chi connectivity index (χ4v) is 3.15. The van der Waals surface area contributed by atoms with E-state index in [0.717, 1.165) is 16.3 Å². The Morgan fingerprint density at radius 1 is 0.903 bits per heavy atom. The number of rotatable bonds is 7. The molecule has 3 aromatic carbocycles. The zero-order valence-corrected chi connectivity index (χ0v) is 16.3. The number of nitro groups is 1. The number of benzene rings is 3. The fourth-order valence-electron chi connectivity index (χ4n) is 3.15. The zero-order chi connectivity index (χ0) is 21.6. The fraction of sp³-hybridized carbons (Fsp3) is 0.0455. The van der Waals surface area contributed by atoms with Gasteiger partial charge in [-0.25, -0.2) is 9.97 Å². The van der Waals surface area contributed by atoms with Crippen molar-refractivity contribution in [3.05, 3.63) is 94.8 Å². The Labute approximate surface area is 177 Å². The molecule has 1 amide bonds. The molecule has 9 nitrogen and oxygen atoms in total. The third-order valence-corrected chi connectivity index (χ3v) is 4.58. The summed E-state index contributed by atoms with van der Waals surface area (Å²) < 4.78 is 0. The van der Waals surface area contributed by atoms with Crippen LogP contribution < -0.4 is 16.2 Å². The van der Waals surface area contributed by atoms with E-state index >= 15 is 0 Å². The number of anilines is 3. The number of carbonyl (C=O) groups is 1. The molecule has 3 N–H and O–H groups in total. The average molecular weight is 414 g/mol. The number of aromatic nitrogens is 2. The molecule has 0 saturated carbocycles. The summed E-state index contributed by atoms with van der Waals surface area (Å²) in [6.45, 7) is 0. The normalized spacial score (nSPS) is 10.5. The average Bonchev–Trinajstić information content (AvgIpc) is 2.78. The largest absolute Gasteiger partial charge is 0.355 e. The van der Waals surface area contributed by atoms with Gasteiger partial charge >= 0.3 is 5.69 Å². The molecule has 31 heavy (non-hydrogen) atoms. The van der Waals surface area contributed by atoms with Gasteiger partial charge in [0.05, 0.1) is 11.3 Å². The minimum absolute atomic E-state index is 0.0103. The van der Waals surface area contributed by atoms with Crippen LogP contribution in [0, 0.1) is 10.1 Å². The van der Waals surface area contributed by atoms with Crippen LogP contribution in [0.1, 0.15) is 5.56 Å². The predicted octanol–water partition coefficient (Wildman–Crippen LogP) is 3.97. The monoisotopic (exact) mass is 414 g/mol. The molecule has 154 valence electrons. The van der Waals surface area contributed by atoms with Crippen LogP contribution in [0.3, 0.4) is 0 Å². The van der Waals surface area contributed by atoms with Crippen LogP contribution >= 0.6 is 0 Å². The standard InChI is InChI=1S/C22H18N6O3/c29-19(13-15-7-2-1-3-8-15)26-27-22-20(28(30)31)21(23-14-24-22)25-18-12-6-10-16-9-4-5-11-17(16)18/h1-12,14H,13H2,(H,26,29)(H2,23,24,25,27). The van der Waals surface area contributed by atoms with Gasteiger partial charge in [0.1, 0.15) is 6.33 Å².